The van der Waals surface area contributed by atoms with E-state index in [1.165, 1.54) is 11.3 Å². The van der Waals surface area contributed by atoms with Crippen LogP contribution < -0.4 is 16.4 Å². The van der Waals surface area contributed by atoms with Gasteiger partial charge in [0.05, 0.1) is 11.6 Å². The molecule has 0 amide bonds. The molecule has 1 fully saturated rings. The van der Waals surface area contributed by atoms with Crippen LogP contribution in [0.3, 0.4) is 0 Å². The van der Waals surface area contributed by atoms with Crippen molar-refractivity contribution < 1.29 is 9.53 Å². The van der Waals surface area contributed by atoms with E-state index in [9.17, 15) is 4.79 Å². The van der Waals surface area contributed by atoms with Gasteiger partial charge in [-0.05, 0) is 25.6 Å². The number of carbonyl (C=O) groups is 1. The van der Waals surface area contributed by atoms with Crippen molar-refractivity contribution >= 4 is 39.8 Å². The van der Waals surface area contributed by atoms with Crippen molar-refractivity contribution in [1.82, 2.24) is 10.3 Å². The van der Waals surface area contributed by atoms with Crippen molar-refractivity contribution in [1.29, 1.82) is 0 Å². The van der Waals surface area contributed by atoms with E-state index in [4.69, 9.17) is 22.7 Å². The van der Waals surface area contributed by atoms with Crippen LogP contribution in [0.5, 0.6) is 0 Å². The van der Waals surface area contributed by atoms with Gasteiger partial charge in [-0.2, -0.15) is 0 Å². The molecular weight excluding hydrogens is 320 g/mol. The average Bonchev–Trinajstić information content (AvgIpc) is 3.02. The monoisotopic (exact) mass is 342 g/mol. The lowest BCUT2D eigenvalue weighted by Gasteiger charge is -2.19. The molecule has 2 heterocycles. The number of ether oxygens (including phenoxy) is 1. The molecule has 22 heavy (non-hydrogen) atoms. The molecule has 4 N–H and O–H groups in total. The normalized spacial score (nSPS) is 24.1. The van der Waals surface area contributed by atoms with E-state index in [0.717, 1.165) is 23.7 Å². The van der Waals surface area contributed by atoms with Crippen LogP contribution in [0.25, 0.3) is 0 Å². The summed E-state index contributed by atoms with van der Waals surface area (Å²) in [4.78, 5) is 16.5. The zero-order chi connectivity index (χ0) is 16.2. The minimum Gasteiger partial charge on any atom is -0.453 e. The highest BCUT2D eigenvalue weighted by Crippen LogP contribution is 2.41. The number of aromatic nitrogens is 1. The Labute approximate surface area is 139 Å². The lowest BCUT2D eigenvalue weighted by Crippen LogP contribution is -2.32. The molecule has 2 atom stereocenters. The van der Waals surface area contributed by atoms with E-state index < -0.39 is 5.60 Å². The highest BCUT2D eigenvalue weighted by Gasteiger charge is 2.45. The summed E-state index contributed by atoms with van der Waals surface area (Å²) < 4.78 is 5.60. The Morgan fingerprint density at radius 1 is 1.64 bits per heavy atom. The summed E-state index contributed by atoms with van der Waals surface area (Å²) in [6.07, 6.45) is 2.55. The number of hydrogen-bond donors (Lipinski definition) is 3. The van der Waals surface area contributed by atoms with Crippen LogP contribution in [0.1, 0.15) is 38.8 Å². The maximum Gasteiger partial charge on any atom is 0.310 e. The quantitative estimate of drug-likeness (QED) is 0.396. The van der Waals surface area contributed by atoms with Crippen LogP contribution in [-0.4, -0.2) is 29.2 Å². The summed E-state index contributed by atoms with van der Waals surface area (Å²) in [5.74, 6) is -0.115. The third-order valence-corrected chi connectivity index (χ3v) is 4.62. The number of nitrogens with one attached hydrogen (secondary N) is 2. The molecule has 122 valence electrons. The Balaban J connectivity index is 1.93. The van der Waals surface area contributed by atoms with Crippen molar-refractivity contribution in [3.63, 3.8) is 0 Å². The first kappa shape index (κ1) is 17.0. The Morgan fingerprint density at radius 2 is 2.41 bits per heavy atom. The Bertz CT molecular complexity index is 549. The number of esters is 1. The number of nitrogens with two attached hydrogens (primary N) is 1. The van der Waals surface area contributed by atoms with Gasteiger partial charge < -0.3 is 21.1 Å². The number of hydrogen-bond acceptors (Lipinski definition) is 6. The second kappa shape index (κ2) is 7.23. The molecule has 0 unspecified atom stereocenters. The second-order valence-electron chi connectivity index (χ2n) is 5.60. The first-order valence-corrected chi connectivity index (χ1v) is 8.69. The predicted octanol–water partition coefficient (Wildman–Crippen LogP) is 1.97. The fourth-order valence-corrected chi connectivity index (χ4v) is 3.54. The SMILES string of the molecule is CCC[C@H]1C[C@@](C)(c2csc(NCCNC(N)=S)n2)OC1=O. The third-order valence-electron chi connectivity index (χ3n) is 3.68. The summed E-state index contributed by atoms with van der Waals surface area (Å²) in [5, 5.41) is 9.10. The highest BCUT2D eigenvalue weighted by atomic mass is 32.1. The van der Waals surface area contributed by atoms with Crippen molar-refractivity contribution in [2.45, 2.75) is 38.7 Å². The molecule has 0 aliphatic carbocycles. The van der Waals surface area contributed by atoms with Gasteiger partial charge in [0.15, 0.2) is 15.8 Å². The first-order valence-electron chi connectivity index (χ1n) is 7.40. The number of thiazole rings is 1. The zero-order valence-electron chi connectivity index (χ0n) is 12.8. The maximum absolute atomic E-state index is 11.9. The molecule has 0 aromatic carbocycles. The van der Waals surface area contributed by atoms with E-state index in [0.29, 0.717) is 19.5 Å². The second-order valence-corrected chi connectivity index (χ2v) is 6.90. The van der Waals surface area contributed by atoms with E-state index in [1.807, 2.05) is 12.3 Å². The first-order chi connectivity index (χ1) is 10.4. The number of cyclic esters (lactones) is 1. The van der Waals surface area contributed by atoms with Gasteiger partial charge in [0, 0.05) is 24.9 Å². The number of thiocarbonyl (C=S) groups is 1. The third kappa shape index (κ3) is 4.07. The van der Waals surface area contributed by atoms with E-state index >= 15 is 0 Å². The van der Waals surface area contributed by atoms with Gasteiger partial charge in [-0.3, -0.25) is 4.79 Å². The fraction of sp³-hybridized carbons (Fsp3) is 0.643. The Morgan fingerprint density at radius 3 is 3.09 bits per heavy atom. The molecule has 0 spiro atoms. The Kier molecular flexibility index (Phi) is 5.57. The molecule has 2 rings (SSSR count). The molecule has 8 heteroatoms. The van der Waals surface area contributed by atoms with Crippen LogP contribution in [0.15, 0.2) is 5.38 Å². The molecule has 1 aromatic heterocycles. The van der Waals surface area contributed by atoms with Crippen molar-refractivity contribution in [2.24, 2.45) is 11.7 Å². The summed E-state index contributed by atoms with van der Waals surface area (Å²) >= 11 is 6.24. The van der Waals surface area contributed by atoms with Gasteiger partial charge in [-0.25, -0.2) is 4.98 Å². The van der Waals surface area contributed by atoms with Crippen LogP contribution in [-0.2, 0) is 15.1 Å². The lowest BCUT2D eigenvalue weighted by molar-refractivity contribution is -0.150. The highest BCUT2D eigenvalue weighted by molar-refractivity contribution is 7.80. The molecule has 1 aliphatic heterocycles. The standard InChI is InChI=1S/C14H22N4O2S2/c1-3-4-9-7-14(2,20-11(9)19)10-8-22-13(18-10)17-6-5-16-12(15)21/h8-9H,3-7H2,1-2H3,(H,17,18)(H3,15,16,21)/t9-,14-/m0/s1. The van der Waals surface area contributed by atoms with Crippen LogP contribution in [0.2, 0.25) is 0 Å². The maximum atomic E-state index is 11.9. The van der Waals surface area contributed by atoms with Crippen molar-refractivity contribution in [2.75, 3.05) is 18.4 Å². The van der Waals surface area contributed by atoms with E-state index in [1.54, 1.807) is 0 Å². The minimum atomic E-state index is -0.607. The topological polar surface area (TPSA) is 89.3 Å². The minimum absolute atomic E-state index is 0.0112. The summed E-state index contributed by atoms with van der Waals surface area (Å²) in [5.41, 5.74) is 5.57. The van der Waals surface area contributed by atoms with Gasteiger partial charge in [-0.1, -0.05) is 13.3 Å². The smallest absolute Gasteiger partial charge is 0.310 e. The lowest BCUT2D eigenvalue weighted by atomic mass is 9.91. The molecule has 0 radical (unpaired) electrons. The Hall–Kier alpha value is -1.41. The summed E-state index contributed by atoms with van der Waals surface area (Å²) in [7, 11) is 0. The van der Waals surface area contributed by atoms with Gasteiger partial charge >= 0.3 is 5.97 Å². The number of carbonyl (C=O) groups excluding carboxylic acids is 1. The predicted molar refractivity (Wildman–Crippen MR) is 91.9 cm³/mol. The van der Waals surface area contributed by atoms with Crippen LogP contribution in [0, 0.1) is 5.92 Å². The van der Waals surface area contributed by atoms with Crippen LogP contribution in [0.4, 0.5) is 5.13 Å². The zero-order valence-corrected chi connectivity index (χ0v) is 14.5. The molecule has 6 nitrogen and oxygen atoms in total. The van der Waals surface area contributed by atoms with Crippen molar-refractivity contribution in [3.8, 4) is 0 Å². The van der Waals surface area contributed by atoms with Crippen LogP contribution >= 0.6 is 23.6 Å². The van der Waals surface area contributed by atoms with Gasteiger partial charge in [0.25, 0.3) is 0 Å². The molecular formula is C14H22N4O2S2. The molecule has 1 aliphatic rings. The largest absolute Gasteiger partial charge is 0.453 e. The molecule has 0 saturated carbocycles. The summed E-state index contributed by atoms with van der Waals surface area (Å²) in [6, 6.07) is 0. The molecule has 0 bridgehead atoms. The molecule has 1 aromatic rings. The summed E-state index contributed by atoms with van der Waals surface area (Å²) in [6.45, 7) is 5.32. The average molecular weight is 342 g/mol. The molecule has 1 saturated heterocycles. The fourth-order valence-electron chi connectivity index (χ4n) is 2.58. The van der Waals surface area contributed by atoms with E-state index in [2.05, 4.69) is 22.5 Å². The van der Waals surface area contributed by atoms with Gasteiger partial charge in [0.2, 0.25) is 0 Å². The number of rotatable bonds is 7. The number of anilines is 1. The number of nitrogens with zero attached hydrogens (tertiary/aromatic N) is 1. The van der Waals surface area contributed by atoms with Gasteiger partial charge in [-0.15, -0.1) is 11.3 Å². The van der Waals surface area contributed by atoms with Crippen molar-refractivity contribution in [3.05, 3.63) is 11.1 Å². The van der Waals surface area contributed by atoms with E-state index in [-0.39, 0.29) is 17.0 Å². The van der Waals surface area contributed by atoms with Gasteiger partial charge in [0.1, 0.15) is 0 Å².